The molecule has 0 bridgehead atoms. The third-order valence-corrected chi connectivity index (χ3v) is 4.22. The quantitative estimate of drug-likeness (QED) is 0.603. The monoisotopic (exact) mass is 360 g/mol. The zero-order chi connectivity index (χ0) is 19.1. The Balaban J connectivity index is 1.56. The summed E-state index contributed by atoms with van der Waals surface area (Å²) in [6.07, 6.45) is 1.72. The molecular weight excluding hydrogens is 336 g/mol. The minimum Gasteiger partial charge on any atom is -0.490 e. The summed E-state index contributed by atoms with van der Waals surface area (Å²) in [5.41, 5.74) is 1.97. The molecule has 27 heavy (non-hydrogen) atoms. The van der Waals surface area contributed by atoms with Gasteiger partial charge in [-0.1, -0.05) is 61.2 Å². The zero-order valence-corrected chi connectivity index (χ0v) is 15.5. The Labute approximate surface area is 160 Å². The van der Waals surface area contributed by atoms with E-state index in [0.29, 0.717) is 19.7 Å². The van der Waals surface area contributed by atoms with Gasteiger partial charge in [0.05, 0.1) is 6.54 Å². The molecule has 0 heterocycles. The highest BCUT2D eigenvalue weighted by atomic mass is 16.5. The molecule has 3 rings (SSSR count). The van der Waals surface area contributed by atoms with Crippen molar-refractivity contribution in [2.24, 2.45) is 0 Å². The number of anilines is 1. The first-order valence-electron chi connectivity index (χ1n) is 8.94. The summed E-state index contributed by atoms with van der Waals surface area (Å²) in [6, 6.07) is 21.9. The van der Waals surface area contributed by atoms with Crippen LogP contribution in [-0.4, -0.2) is 31.0 Å². The number of carbonyl (C=O) groups excluding carboxylic acids is 1. The minimum atomic E-state index is -0.0280. The van der Waals surface area contributed by atoms with Crippen LogP contribution in [0.2, 0.25) is 0 Å². The van der Waals surface area contributed by atoms with Gasteiger partial charge in [-0.2, -0.15) is 0 Å². The second kappa shape index (κ2) is 9.01. The van der Waals surface area contributed by atoms with Gasteiger partial charge in [-0.25, -0.2) is 0 Å². The summed E-state index contributed by atoms with van der Waals surface area (Å²) in [7, 11) is 1.94. The van der Waals surface area contributed by atoms with Crippen LogP contribution < -0.4 is 10.1 Å². The van der Waals surface area contributed by atoms with Crippen LogP contribution in [0.1, 0.15) is 5.56 Å². The third kappa shape index (κ3) is 5.19. The number of ether oxygens (including phenoxy) is 1. The van der Waals surface area contributed by atoms with Crippen LogP contribution in [0.3, 0.4) is 0 Å². The van der Waals surface area contributed by atoms with Crippen molar-refractivity contribution >= 4 is 22.4 Å². The first-order valence-corrected chi connectivity index (χ1v) is 8.94. The van der Waals surface area contributed by atoms with E-state index >= 15 is 0 Å². The molecule has 0 radical (unpaired) electrons. The number of fused-ring (bicyclic) bond motifs is 1. The largest absolute Gasteiger partial charge is 0.490 e. The second-order valence-corrected chi connectivity index (χ2v) is 6.49. The first kappa shape index (κ1) is 18.7. The number of rotatable bonds is 8. The van der Waals surface area contributed by atoms with Crippen molar-refractivity contribution in [1.82, 2.24) is 4.90 Å². The molecule has 1 N–H and O–H groups in total. The molecule has 3 aromatic rings. The molecule has 0 atom stereocenters. The topological polar surface area (TPSA) is 41.6 Å². The molecular formula is C23H24N2O2. The van der Waals surface area contributed by atoms with Crippen LogP contribution in [0.25, 0.3) is 10.8 Å². The minimum absolute atomic E-state index is 0.0280. The highest BCUT2D eigenvalue weighted by Gasteiger charge is 2.09. The van der Waals surface area contributed by atoms with Gasteiger partial charge in [-0.3, -0.25) is 9.69 Å². The number of benzene rings is 3. The Morgan fingerprint density at radius 3 is 2.59 bits per heavy atom. The summed E-state index contributed by atoms with van der Waals surface area (Å²) in [6.45, 7) is 5.13. The first-order chi connectivity index (χ1) is 13.2. The van der Waals surface area contributed by atoms with Crippen molar-refractivity contribution in [1.29, 1.82) is 0 Å². The molecule has 0 saturated heterocycles. The smallest absolute Gasteiger partial charge is 0.238 e. The molecule has 138 valence electrons. The van der Waals surface area contributed by atoms with E-state index in [4.69, 9.17) is 4.74 Å². The van der Waals surface area contributed by atoms with E-state index in [1.54, 1.807) is 6.08 Å². The van der Waals surface area contributed by atoms with Crippen LogP contribution in [0.5, 0.6) is 5.75 Å². The van der Waals surface area contributed by atoms with Gasteiger partial charge in [-0.05, 0) is 36.2 Å². The maximum absolute atomic E-state index is 12.4. The van der Waals surface area contributed by atoms with E-state index < -0.39 is 0 Å². The number of nitrogens with zero attached hydrogens (tertiary/aromatic N) is 1. The average molecular weight is 360 g/mol. The molecule has 0 spiro atoms. The lowest BCUT2D eigenvalue weighted by molar-refractivity contribution is -0.117. The van der Waals surface area contributed by atoms with Crippen molar-refractivity contribution in [3.63, 3.8) is 0 Å². The van der Waals surface area contributed by atoms with Gasteiger partial charge in [0, 0.05) is 17.6 Å². The van der Waals surface area contributed by atoms with Crippen LogP contribution in [0, 0.1) is 0 Å². The van der Waals surface area contributed by atoms with Gasteiger partial charge in [0.2, 0.25) is 5.91 Å². The van der Waals surface area contributed by atoms with Crippen LogP contribution in [-0.2, 0) is 11.3 Å². The molecule has 0 unspecified atom stereocenters. The van der Waals surface area contributed by atoms with Gasteiger partial charge in [0.1, 0.15) is 12.4 Å². The van der Waals surface area contributed by atoms with E-state index in [1.807, 2.05) is 78.7 Å². The van der Waals surface area contributed by atoms with E-state index in [1.165, 1.54) is 0 Å². The standard InChI is InChI=1S/C23H24N2O2/c1-3-15-27-20-13-11-18(12-14-20)16-25(2)17-23(26)24-22-10-6-8-19-7-4-5-9-21(19)22/h3-14H,1,15-17H2,2H3,(H,24,26). The number of nitrogens with one attached hydrogen (secondary N) is 1. The molecule has 0 aliphatic rings. The third-order valence-electron chi connectivity index (χ3n) is 4.22. The second-order valence-electron chi connectivity index (χ2n) is 6.49. The number of amides is 1. The van der Waals surface area contributed by atoms with Crippen molar-refractivity contribution in [3.05, 3.63) is 84.9 Å². The Hall–Kier alpha value is -3.11. The maximum atomic E-state index is 12.4. The number of likely N-dealkylation sites (N-methyl/N-ethyl adjacent to an activating group) is 1. The summed E-state index contributed by atoms with van der Waals surface area (Å²) >= 11 is 0. The van der Waals surface area contributed by atoms with Gasteiger partial charge < -0.3 is 10.1 Å². The molecule has 0 aliphatic heterocycles. The number of hydrogen-bond acceptors (Lipinski definition) is 3. The summed E-state index contributed by atoms with van der Waals surface area (Å²) in [4.78, 5) is 14.4. The zero-order valence-electron chi connectivity index (χ0n) is 15.5. The predicted octanol–water partition coefficient (Wildman–Crippen LogP) is 4.48. The molecule has 4 nitrogen and oxygen atoms in total. The average Bonchev–Trinajstić information content (AvgIpc) is 2.67. The number of carbonyl (C=O) groups is 1. The van der Waals surface area contributed by atoms with E-state index in [0.717, 1.165) is 27.8 Å². The van der Waals surface area contributed by atoms with Crippen LogP contribution in [0.15, 0.2) is 79.4 Å². The lowest BCUT2D eigenvalue weighted by Crippen LogP contribution is -2.29. The highest BCUT2D eigenvalue weighted by molar-refractivity contribution is 6.02. The van der Waals surface area contributed by atoms with E-state index in [2.05, 4.69) is 11.9 Å². The SMILES string of the molecule is C=CCOc1ccc(CN(C)CC(=O)Nc2cccc3ccccc23)cc1. The fraction of sp³-hybridized carbons (Fsp3) is 0.174. The molecule has 4 heteroatoms. The van der Waals surface area contributed by atoms with Gasteiger partial charge in [0.15, 0.2) is 0 Å². The van der Waals surface area contributed by atoms with Crippen molar-refractivity contribution < 1.29 is 9.53 Å². The fourth-order valence-corrected chi connectivity index (χ4v) is 2.98. The van der Waals surface area contributed by atoms with E-state index in [9.17, 15) is 4.79 Å². The molecule has 3 aromatic carbocycles. The van der Waals surface area contributed by atoms with E-state index in [-0.39, 0.29) is 5.91 Å². The highest BCUT2D eigenvalue weighted by Crippen LogP contribution is 2.22. The molecule has 0 saturated carbocycles. The predicted molar refractivity (Wildman–Crippen MR) is 111 cm³/mol. The summed E-state index contributed by atoms with van der Waals surface area (Å²) in [5.74, 6) is 0.787. The van der Waals surface area contributed by atoms with Gasteiger partial charge >= 0.3 is 0 Å². The van der Waals surface area contributed by atoms with Crippen molar-refractivity contribution in [2.75, 3.05) is 25.5 Å². The normalized spacial score (nSPS) is 10.7. The summed E-state index contributed by atoms with van der Waals surface area (Å²) in [5, 5.41) is 5.18. The fourth-order valence-electron chi connectivity index (χ4n) is 2.98. The van der Waals surface area contributed by atoms with Crippen molar-refractivity contribution in [3.8, 4) is 5.75 Å². The Morgan fingerprint density at radius 1 is 1.07 bits per heavy atom. The lowest BCUT2D eigenvalue weighted by Gasteiger charge is -2.17. The maximum Gasteiger partial charge on any atom is 0.238 e. The van der Waals surface area contributed by atoms with Gasteiger partial charge in [-0.15, -0.1) is 0 Å². The molecule has 1 amide bonds. The van der Waals surface area contributed by atoms with Gasteiger partial charge in [0.25, 0.3) is 0 Å². The van der Waals surface area contributed by atoms with Crippen LogP contribution in [0.4, 0.5) is 5.69 Å². The number of hydrogen-bond donors (Lipinski definition) is 1. The van der Waals surface area contributed by atoms with Crippen LogP contribution >= 0.6 is 0 Å². The summed E-state index contributed by atoms with van der Waals surface area (Å²) < 4.78 is 5.49. The van der Waals surface area contributed by atoms with Crippen molar-refractivity contribution in [2.45, 2.75) is 6.54 Å². The molecule has 0 fully saturated rings. The Morgan fingerprint density at radius 2 is 1.81 bits per heavy atom. The molecule has 0 aliphatic carbocycles. The Bertz CT molecular complexity index is 914. The lowest BCUT2D eigenvalue weighted by atomic mass is 10.1. The molecule has 0 aromatic heterocycles. The Kier molecular flexibility index (Phi) is 6.23.